The Labute approximate surface area is 123 Å². The van der Waals surface area contributed by atoms with Gasteiger partial charge in [-0.2, -0.15) is 0 Å². The van der Waals surface area contributed by atoms with Gasteiger partial charge in [0, 0.05) is 26.8 Å². The summed E-state index contributed by atoms with van der Waals surface area (Å²) in [6, 6.07) is 7.13. The van der Waals surface area contributed by atoms with Crippen molar-refractivity contribution in [1.82, 2.24) is 0 Å². The first-order valence-electron chi connectivity index (χ1n) is 5.71. The smallest absolute Gasteiger partial charge is 0.293 e. The zero-order valence-electron chi connectivity index (χ0n) is 10.6. The number of rotatable bonds is 4. The van der Waals surface area contributed by atoms with Gasteiger partial charge in [0.05, 0.1) is 4.92 Å². The van der Waals surface area contributed by atoms with E-state index >= 15 is 0 Å². The number of nitrogens with one attached hydrogen (secondary N) is 1. The standard InChI is InChI=1S/C13H13BrN2O2S/c1-8-5-11(19-9(8)2)7-15-12-4-3-10(14)6-13(12)16(17)18/h3-6,15H,7H2,1-2H3. The van der Waals surface area contributed by atoms with Crippen molar-refractivity contribution in [2.45, 2.75) is 20.4 Å². The molecule has 19 heavy (non-hydrogen) atoms. The monoisotopic (exact) mass is 340 g/mol. The second-order valence-electron chi connectivity index (χ2n) is 4.22. The van der Waals surface area contributed by atoms with E-state index < -0.39 is 0 Å². The molecular formula is C13H13BrN2O2S. The molecule has 0 saturated carbocycles. The number of nitro benzene ring substituents is 1. The molecule has 0 radical (unpaired) electrons. The highest BCUT2D eigenvalue weighted by atomic mass is 79.9. The molecule has 0 fully saturated rings. The quantitative estimate of drug-likeness (QED) is 0.651. The highest BCUT2D eigenvalue weighted by Gasteiger charge is 2.14. The molecule has 0 atom stereocenters. The molecule has 1 aromatic heterocycles. The van der Waals surface area contributed by atoms with E-state index in [1.165, 1.54) is 21.4 Å². The molecule has 0 aliphatic carbocycles. The van der Waals surface area contributed by atoms with Gasteiger partial charge in [-0.1, -0.05) is 15.9 Å². The molecule has 1 heterocycles. The molecule has 0 spiro atoms. The Kier molecular flexibility index (Phi) is 4.21. The van der Waals surface area contributed by atoms with Crippen molar-refractivity contribution in [3.8, 4) is 0 Å². The Bertz CT molecular complexity index is 606. The van der Waals surface area contributed by atoms with Crippen LogP contribution in [-0.4, -0.2) is 4.92 Å². The summed E-state index contributed by atoms with van der Waals surface area (Å²) in [6.07, 6.45) is 0. The SMILES string of the molecule is Cc1cc(CNc2ccc(Br)cc2[N+](=O)[O-])sc1C. The molecule has 0 unspecified atom stereocenters. The molecule has 1 aromatic carbocycles. The van der Waals surface area contributed by atoms with Crippen molar-refractivity contribution in [3.63, 3.8) is 0 Å². The molecule has 0 aliphatic rings. The summed E-state index contributed by atoms with van der Waals surface area (Å²) in [6.45, 7) is 4.74. The summed E-state index contributed by atoms with van der Waals surface area (Å²) in [7, 11) is 0. The third-order valence-electron chi connectivity index (χ3n) is 2.83. The van der Waals surface area contributed by atoms with Crippen LogP contribution in [0.5, 0.6) is 0 Å². The van der Waals surface area contributed by atoms with Gasteiger partial charge in [0.1, 0.15) is 5.69 Å². The summed E-state index contributed by atoms with van der Waals surface area (Å²) in [4.78, 5) is 13.1. The fraction of sp³-hybridized carbons (Fsp3) is 0.231. The van der Waals surface area contributed by atoms with E-state index in [4.69, 9.17) is 0 Å². The summed E-state index contributed by atoms with van der Waals surface area (Å²) < 4.78 is 0.701. The number of thiophene rings is 1. The molecule has 6 heteroatoms. The Morgan fingerprint density at radius 3 is 2.68 bits per heavy atom. The van der Waals surface area contributed by atoms with Gasteiger partial charge < -0.3 is 5.32 Å². The van der Waals surface area contributed by atoms with Crippen LogP contribution in [0.4, 0.5) is 11.4 Å². The Morgan fingerprint density at radius 2 is 2.11 bits per heavy atom. The minimum atomic E-state index is -0.377. The second-order valence-corrected chi connectivity index (χ2v) is 6.48. The first-order chi connectivity index (χ1) is 8.97. The average Bonchev–Trinajstić information content (AvgIpc) is 2.67. The number of nitrogens with zero attached hydrogens (tertiary/aromatic N) is 1. The predicted molar refractivity (Wildman–Crippen MR) is 81.9 cm³/mol. The lowest BCUT2D eigenvalue weighted by atomic mass is 10.2. The van der Waals surface area contributed by atoms with Crippen molar-refractivity contribution in [3.05, 3.63) is 54.2 Å². The van der Waals surface area contributed by atoms with Gasteiger partial charge in [0.25, 0.3) is 5.69 Å². The van der Waals surface area contributed by atoms with Crippen LogP contribution in [0.25, 0.3) is 0 Å². The van der Waals surface area contributed by atoms with Crippen molar-refractivity contribution in [2.24, 2.45) is 0 Å². The third-order valence-corrected chi connectivity index (χ3v) is 4.47. The minimum Gasteiger partial charge on any atom is -0.375 e. The average molecular weight is 341 g/mol. The lowest BCUT2D eigenvalue weighted by Gasteiger charge is -2.06. The van der Waals surface area contributed by atoms with Crippen molar-refractivity contribution in [1.29, 1.82) is 0 Å². The van der Waals surface area contributed by atoms with Gasteiger partial charge in [-0.25, -0.2) is 0 Å². The zero-order valence-corrected chi connectivity index (χ0v) is 13.0. The minimum absolute atomic E-state index is 0.0828. The molecule has 0 saturated heterocycles. The number of hydrogen-bond acceptors (Lipinski definition) is 4. The van der Waals surface area contributed by atoms with E-state index in [-0.39, 0.29) is 10.6 Å². The molecule has 0 bridgehead atoms. The number of nitro groups is 1. The van der Waals surface area contributed by atoms with Crippen LogP contribution in [0.1, 0.15) is 15.3 Å². The molecule has 2 aromatic rings. The maximum Gasteiger partial charge on any atom is 0.293 e. The topological polar surface area (TPSA) is 55.2 Å². The van der Waals surface area contributed by atoms with Gasteiger partial charge in [0.2, 0.25) is 0 Å². The van der Waals surface area contributed by atoms with Crippen molar-refractivity contribution < 1.29 is 4.92 Å². The fourth-order valence-electron chi connectivity index (χ4n) is 1.72. The van der Waals surface area contributed by atoms with Crippen LogP contribution >= 0.6 is 27.3 Å². The lowest BCUT2D eigenvalue weighted by Crippen LogP contribution is -2.01. The third kappa shape index (κ3) is 3.33. The van der Waals surface area contributed by atoms with Crippen LogP contribution in [0, 0.1) is 24.0 Å². The summed E-state index contributed by atoms with van der Waals surface area (Å²) in [5, 5.41) is 14.1. The van der Waals surface area contributed by atoms with Crippen molar-refractivity contribution in [2.75, 3.05) is 5.32 Å². The van der Waals surface area contributed by atoms with E-state index in [1.54, 1.807) is 23.5 Å². The Balaban J connectivity index is 2.17. The highest BCUT2D eigenvalue weighted by molar-refractivity contribution is 9.10. The maximum absolute atomic E-state index is 11.0. The summed E-state index contributed by atoms with van der Waals surface area (Å²) in [5.74, 6) is 0. The van der Waals surface area contributed by atoms with Gasteiger partial charge in [-0.05, 0) is 37.6 Å². The first kappa shape index (κ1) is 14.0. The zero-order chi connectivity index (χ0) is 14.0. The van der Waals surface area contributed by atoms with Gasteiger partial charge in [0.15, 0.2) is 0 Å². The largest absolute Gasteiger partial charge is 0.375 e. The number of benzene rings is 1. The van der Waals surface area contributed by atoms with E-state index in [0.29, 0.717) is 16.7 Å². The van der Waals surface area contributed by atoms with E-state index in [9.17, 15) is 10.1 Å². The molecule has 0 aliphatic heterocycles. The van der Waals surface area contributed by atoms with Gasteiger partial charge in [-0.3, -0.25) is 10.1 Å². The van der Waals surface area contributed by atoms with Crippen LogP contribution in [0.15, 0.2) is 28.7 Å². The van der Waals surface area contributed by atoms with Crippen LogP contribution in [-0.2, 0) is 6.54 Å². The van der Waals surface area contributed by atoms with E-state index in [2.05, 4.69) is 41.2 Å². The number of halogens is 1. The number of aryl methyl sites for hydroxylation is 2. The van der Waals surface area contributed by atoms with Crippen LogP contribution in [0.3, 0.4) is 0 Å². The molecule has 4 nitrogen and oxygen atoms in total. The van der Waals surface area contributed by atoms with E-state index in [1.807, 2.05) is 0 Å². The molecule has 0 amide bonds. The predicted octanol–water partition coefficient (Wildman–Crippen LogP) is 4.65. The lowest BCUT2D eigenvalue weighted by molar-refractivity contribution is -0.384. The van der Waals surface area contributed by atoms with Gasteiger partial charge >= 0.3 is 0 Å². The Morgan fingerprint density at radius 1 is 1.37 bits per heavy atom. The van der Waals surface area contributed by atoms with E-state index in [0.717, 1.165) is 0 Å². The summed E-state index contributed by atoms with van der Waals surface area (Å²) >= 11 is 4.95. The highest BCUT2D eigenvalue weighted by Crippen LogP contribution is 2.29. The molecule has 100 valence electrons. The first-order valence-corrected chi connectivity index (χ1v) is 7.32. The Hall–Kier alpha value is -1.40. The summed E-state index contributed by atoms with van der Waals surface area (Å²) in [5.41, 5.74) is 1.88. The molecular weight excluding hydrogens is 328 g/mol. The van der Waals surface area contributed by atoms with Gasteiger partial charge in [-0.15, -0.1) is 11.3 Å². The molecule has 1 N–H and O–H groups in total. The normalized spacial score (nSPS) is 10.5. The molecule has 2 rings (SSSR count). The van der Waals surface area contributed by atoms with Crippen LogP contribution in [0.2, 0.25) is 0 Å². The van der Waals surface area contributed by atoms with Crippen molar-refractivity contribution >= 4 is 38.6 Å². The maximum atomic E-state index is 11.0. The number of anilines is 1. The van der Waals surface area contributed by atoms with Crippen LogP contribution < -0.4 is 5.32 Å². The number of hydrogen-bond donors (Lipinski definition) is 1. The second kappa shape index (κ2) is 5.71. The fourth-order valence-corrected chi connectivity index (χ4v) is 3.07.